The van der Waals surface area contributed by atoms with Gasteiger partial charge in [0.15, 0.2) is 0 Å². The Morgan fingerprint density at radius 1 is 0.778 bits per heavy atom. The summed E-state index contributed by atoms with van der Waals surface area (Å²) in [4.78, 5) is 0. The average molecular weight is 252 g/mol. The Morgan fingerprint density at radius 3 is 1.89 bits per heavy atom. The molecule has 0 amide bonds. The van der Waals surface area contributed by atoms with E-state index in [-0.39, 0.29) is 13.2 Å². The summed E-state index contributed by atoms with van der Waals surface area (Å²) in [5, 5.41) is 15.2. The van der Waals surface area contributed by atoms with Gasteiger partial charge in [-0.15, -0.1) is 0 Å². The van der Waals surface area contributed by atoms with Gasteiger partial charge in [0.2, 0.25) is 0 Å². The SMILES string of the molecule is CCCCCCCCc1ccccc1.OCCO. The standard InChI is InChI=1S/C14H22.C2H6O2/c1-2-3-4-5-6-8-11-14-12-9-7-10-13-14;3-1-2-4/h7,9-10,12-13H,2-6,8,11H2,1H3;3-4H,1-2H2. The minimum Gasteiger partial charge on any atom is -0.394 e. The summed E-state index contributed by atoms with van der Waals surface area (Å²) in [7, 11) is 0. The highest BCUT2D eigenvalue weighted by atomic mass is 16.3. The van der Waals surface area contributed by atoms with E-state index in [0.717, 1.165) is 0 Å². The summed E-state index contributed by atoms with van der Waals surface area (Å²) in [5.41, 5.74) is 1.49. The summed E-state index contributed by atoms with van der Waals surface area (Å²) in [6.07, 6.45) is 9.60. The van der Waals surface area contributed by atoms with Gasteiger partial charge in [0, 0.05) is 0 Å². The smallest absolute Gasteiger partial charge is 0.0662 e. The van der Waals surface area contributed by atoms with E-state index in [2.05, 4.69) is 37.3 Å². The molecule has 0 saturated carbocycles. The summed E-state index contributed by atoms with van der Waals surface area (Å²) >= 11 is 0. The molecule has 0 aliphatic heterocycles. The predicted octanol–water partition coefficient (Wildman–Crippen LogP) is 3.56. The summed E-state index contributed by atoms with van der Waals surface area (Å²) < 4.78 is 0. The van der Waals surface area contributed by atoms with Crippen LogP contribution in [0, 0.1) is 0 Å². The van der Waals surface area contributed by atoms with Crippen molar-refractivity contribution in [2.45, 2.75) is 51.9 Å². The fourth-order valence-electron chi connectivity index (χ4n) is 1.75. The molecule has 2 N–H and O–H groups in total. The molecule has 2 heteroatoms. The van der Waals surface area contributed by atoms with Crippen LogP contribution in [0.2, 0.25) is 0 Å². The first kappa shape index (κ1) is 17.1. The van der Waals surface area contributed by atoms with E-state index in [0.29, 0.717) is 0 Å². The molecule has 18 heavy (non-hydrogen) atoms. The lowest BCUT2D eigenvalue weighted by Crippen LogP contribution is -1.85. The molecule has 1 aromatic rings. The molecule has 0 unspecified atom stereocenters. The van der Waals surface area contributed by atoms with Crippen molar-refractivity contribution in [1.29, 1.82) is 0 Å². The summed E-state index contributed by atoms with van der Waals surface area (Å²) in [6.45, 7) is 2.02. The predicted molar refractivity (Wildman–Crippen MR) is 77.7 cm³/mol. The second-order valence-electron chi connectivity index (χ2n) is 4.45. The Labute approximate surface area is 112 Å². The molecule has 0 aliphatic rings. The second kappa shape index (κ2) is 14.2. The number of aliphatic hydroxyl groups is 2. The van der Waals surface area contributed by atoms with Crippen molar-refractivity contribution >= 4 is 0 Å². The number of aliphatic hydroxyl groups excluding tert-OH is 2. The monoisotopic (exact) mass is 252 g/mol. The van der Waals surface area contributed by atoms with Gasteiger partial charge in [-0.3, -0.25) is 0 Å². The zero-order chi connectivity index (χ0) is 13.5. The van der Waals surface area contributed by atoms with Gasteiger partial charge < -0.3 is 10.2 Å². The van der Waals surface area contributed by atoms with Gasteiger partial charge in [0.25, 0.3) is 0 Å². The third-order valence-electron chi connectivity index (χ3n) is 2.76. The highest BCUT2D eigenvalue weighted by Crippen LogP contribution is 2.09. The van der Waals surface area contributed by atoms with Gasteiger partial charge in [-0.25, -0.2) is 0 Å². The molecule has 0 bridgehead atoms. The van der Waals surface area contributed by atoms with Crippen molar-refractivity contribution in [3.8, 4) is 0 Å². The maximum absolute atomic E-state index is 7.62. The molecule has 104 valence electrons. The van der Waals surface area contributed by atoms with Crippen molar-refractivity contribution in [3.05, 3.63) is 35.9 Å². The Balaban J connectivity index is 0.000000631. The third-order valence-corrected chi connectivity index (χ3v) is 2.76. The Bertz CT molecular complexity index is 245. The Hall–Kier alpha value is -0.860. The minimum absolute atomic E-state index is 0.125. The van der Waals surface area contributed by atoms with Gasteiger partial charge in [0.05, 0.1) is 13.2 Å². The van der Waals surface area contributed by atoms with Gasteiger partial charge >= 0.3 is 0 Å². The summed E-state index contributed by atoms with van der Waals surface area (Å²) in [6, 6.07) is 10.8. The maximum Gasteiger partial charge on any atom is 0.0662 e. The van der Waals surface area contributed by atoms with Gasteiger partial charge in [-0.2, -0.15) is 0 Å². The molecule has 0 fully saturated rings. The Kier molecular flexibility index (Phi) is 13.5. The van der Waals surface area contributed by atoms with Gasteiger partial charge in [-0.1, -0.05) is 69.4 Å². The average Bonchev–Trinajstić information content (AvgIpc) is 2.44. The van der Waals surface area contributed by atoms with Crippen LogP contribution in [0.5, 0.6) is 0 Å². The molecule has 0 aliphatic carbocycles. The van der Waals surface area contributed by atoms with Crippen LogP contribution in [0.25, 0.3) is 0 Å². The van der Waals surface area contributed by atoms with Crippen LogP contribution in [-0.2, 0) is 6.42 Å². The fraction of sp³-hybridized carbons (Fsp3) is 0.625. The highest BCUT2D eigenvalue weighted by Gasteiger charge is 1.92. The molecule has 0 heterocycles. The van der Waals surface area contributed by atoms with Crippen LogP contribution in [0.4, 0.5) is 0 Å². The van der Waals surface area contributed by atoms with Crippen molar-refractivity contribution in [3.63, 3.8) is 0 Å². The van der Waals surface area contributed by atoms with E-state index in [9.17, 15) is 0 Å². The zero-order valence-corrected chi connectivity index (χ0v) is 11.6. The first-order chi connectivity index (χ1) is 8.85. The fourth-order valence-corrected chi connectivity index (χ4v) is 1.75. The molecular weight excluding hydrogens is 224 g/mol. The van der Waals surface area contributed by atoms with Crippen molar-refractivity contribution in [2.24, 2.45) is 0 Å². The molecule has 0 radical (unpaired) electrons. The van der Waals surface area contributed by atoms with E-state index in [4.69, 9.17) is 10.2 Å². The van der Waals surface area contributed by atoms with Crippen LogP contribution in [0.3, 0.4) is 0 Å². The zero-order valence-electron chi connectivity index (χ0n) is 11.6. The number of aryl methyl sites for hydroxylation is 1. The molecule has 0 spiro atoms. The van der Waals surface area contributed by atoms with E-state index in [1.54, 1.807) is 0 Å². The molecule has 1 aromatic carbocycles. The number of hydrogen-bond acceptors (Lipinski definition) is 2. The number of benzene rings is 1. The maximum atomic E-state index is 7.62. The highest BCUT2D eigenvalue weighted by molar-refractivity contribution is 5.14. The molecule has 0 saturated heterocycles. The normalized spacial score (nSPS) is 9.72. The van der Waals surface area contributed by atoms with Crippen LogP contribution < -0.4 is 0 Å². The van der Waals surface area contributed by atoms with Crippen LogP contribution in [0.15, 0.2) is 30.3 Å². The van der Waals surface area contributed by atoms with E-state index < -0.39 is 0 Å². The van der Waals surface area contributed by atoms with Gasteiger partial charge in [0.1, 0.15) is 0 Å². The topological polar surface area (TPSA) is 40.5 Å². The first-order valence-corrected chi connectivity index (χ1v) is 7.10. The lowest BCUT2D eigenvalue weighted by Gasteiger charge is -2.01. The van der Waals surface area contributed by atoms with E-state index in [1.807, 2.05) is 0 Å². The number of hydrogen-bond donors (Lipinski definition) is 2. The van der Waals surface area contributed by atoms with Gasteiger partial charge in [-0.05, 0) is 18.4 Å². The number of unbranched alkanes of at least 4 members (excludes halogenated alkanes) is 5. The molecule has 0 atom stereocenters. The van der Waals surface area contributed by atoms with Crippen LogP contribution >= 0.6 is 0 Å². The van der Waals surface area contributed by atoms with E-state index in [1.165, 1.54) is 50.5 Å². The summed E-state index contributed by atoms with van der Waals surface area (Å²) in [5.74, 6) is 0. The van der Waals surface area contributed by atoms with Crippen LogP contribution in [-0.4, -0.2) is 23.4 Å². The largest absolute Gasteiger partial charge is 0.394 e. The quantitative estimate of drug-likeness (QED) is 0.694. The lowest BCUT2D eigenvalue weighted by molar-refractivity contribution is 0.186. The molecular formula is C16H28O2. The minimum atomic E-state index is -0.125. The molecule has 1 rings (SSSR count). The number of rotatable bonds is 8. The van der Waals surface area contributed by atoms with E-state index >= 15 is 0 Å². The second-order valence-corrected chi connectivity index (χ2v) is 4.45. The lowest BCUT2D eigenvalue weighted by atomic mass is 10.1. The van der Waals surface area contributed by atoms with Crippen molar-refractivity contribution in [2.75, 3.05) is 13.2 Å². The van der Waals surface area contributed by atoms with Crippen LogP contribution in [0.1, 0.15) is 51.0 Å². The third kappa shape index (κ3) is 11.6. The molecule has 2 nitrogen and oxygen atoms in total. The first-order valence-electron chi connectivity index (χ1n) is 7.10. The molecule has 0 aromatic heterocycles. The Morgan fingerprint density at radius 2 is 1.33 bits per heavy atom. The van der Waals surface area contributed by atoms with Crippen molar-refractivity contribution < 1.29 is 10.2 Å². The van der Waals surface area contributed by atoms with Crippen molar-refractivity contribution in [1.82, 2.24) is 0 Å².